The Balaban J connectivity index is 1.47. The average molecular weight is 977 g/mol. The van der Waals surface area contributed by atoms with Gasteiger partial charge in [0.2, 0.25) is 0 Å². The van der Waals surface area contributed by atoms with E-state index in [1.54, 1.807) is 0 Å². The normalized spacial score (nSPS) is 23.6. The molecule has 17 nitrogen and oxygen atoms in total. The highest BCUT2D eigenvalue weighted by Crippen LogP contribution is 2.34. The number of nitrogens with one attached hydrogen (secondary N) is 12. The van der Waals surface area contributed by atoms with Crippen molar-refractivity contribution in [1.82, 2.24) is 88.4 Å². The standard InChI is InChI=1S/C53H101N17/c1-2-12-48(13-3-1)50-46-49(52(67-38-8-22-58-30-26-54-14-4-18-62-34-42-67)68-39-9-23-59-31-27-55-15-5-19-63-35-43-68)47-51(66-50)53(69-40-10-24-60-32-28-56-16-6-20-64-36-44-69)70-41-11-25-61-33-29-57-17-7-21-65-37-45-70/h1-3,12-13,46-47,52-65H,4-11,14-45H2. The third-order valence-electron chi connectivity index (χ3n) is 14.1. The second kappa shape index (κ2) is 37.5. The van der Waals surface area contributed by atoms with Crippen LogP contribution in [-0.4, -0.2) is 234 Å². The molecule has 17 heteroatoms. The van der Waals surface area contributed by atoms with E-state index in [1.165, 1.54) is 16.8 Å². The van der Waals surface area contributed by atoms with Gasteiger partial charge in [-0.25, -0.2) is 4.98 Å². The average Bonchev–Trinajstić information content (AvgIpc) is 3.38. The van der Waals surface area contributed by atoms with Crippen LogP contribution < -0.4 is 63.8 Å². The largest absolute Gasteiger partial charge is 0.315 e. The Morgan fingerprint density at radius 3 is 0.943 bits per heavy atom. The minimum Gasteiger partial charge on any atom is -0.315 e. The summed E-state index contributed by atoms with van der Waals surface area (Å²) < 4.78 is 0. The highest BCUT2D eigenvalue weighted by molar-refractivity contribution is 5.60. The maximum atomic E-state index is 5.88. The highest BCUT2D eigenvalue weighted by atomic mass is 15.4. The second-order valence-electron chi connectivity index (χ2n) is 19.8. The molecule has 12 N–H and O–H groups in total. The van der Waals surface area contributed by atoms with E-state index < -0.39 is 0 Å². The van der Waals surface area contributed by atoms with Crippen LogP contribution in [0.2, 0.25) is 0 Å². The molecule has 1 aromatic heterocycles. The van der Waals surface area contributed by atoms with Crippen molar-refractivity contribution in [1.29, 1.82) is 0 Å². The Morgan fingerprint density at radius 2 is 0.600 bits per heavy atom. The Bertz CT molecular complexity index is 1340. The van der Waals surface area contributed by atoms with Crippen LogP contribution in [0.1, 0.15) is 75.0 Å². The van der Waals surface area contributed by atoms with Crippen molar-refractivity contribution in [3.63, 3.8) is 0 Å². The van der Waals surface area contributed by atoms with Crippen LogP contribution >= 0.6 is 0 Å². The Labute approximate surface area is 425 Å². The molecule has 5 heterocycles. The van der Waals surface area contributed by atoms with Gasteiger partial charge in [0.1, 0.15) is 6.17 Å². The molecule has 0 amide bonds. The van der Waals surface area contributed by atoms with E-state index in [1.807, 2.05) is 0 Å². The quantitative estimate of drug-likeness (QED) is 0.182. The van der Waals surface area contributed by atoms with Crippen molar-refractivity contribution in [2.45, 2.75) is 63.7 Å². The van der Waals surface area contributed by atoms with E-state index in [-0.39, 0.29) is 12.3 Å². The molecule has 1 aromatic carbocycles. The molecule has 0 radical (unpaired) electrons. The number of pyridine rings is 1. The van der Waals surface area contributed by atoms with Gasteiger partial charge < -0.3 is 63.8 Å². The molecule has 4 aliphatic heterocycles. The molecular weight excluding hydrogens is 875 g/mol. The van der Waals surface area contributed by atoms with Gasteiger partial charge >= 0.3 is 0 Å². The minimum absolute atomic E-state index is 0.00717. The highest BCUT2D eigenvalue weighted by Gasteiger charge is 2.33. The third kappa shape index (κ3) is 22.9. The molecule has 0 aliphatic carbocycles. The fourth-order valence-electron chi connectivity index (χ4n) is 10.4. The Kier molecular flexibility index (Phi) is 30.5. The molecule has 4 fully saturated rings. The lowest BCUT2D eigenvalue weighted by atomic mass is 10.0. The van der Waals surface area contributed by atoms with Gasteiger partial charge in [0.05, 0.1) is 17.6 Å². The predicted octanol–water partition coefficient (Wildman–Crippen LogP) is 0.204. The van der Waals surface area contributed by atoms with E-state index in [0.29, 0.717) is 0 Å². The lowest BCUT2D eigenvalue weighted by Gasteiger charge is -2.43. The zero-order valence-electron chi connectivity index (χ0n) is 43.7. The van der Waals surface area contributed by atoms with Gasteiger partial charge in [-0.3, -0.25) is 19.6 Å². The summed E-state index contributed by atoms with van der Waals surface area (Å²) in [6.45, 7) is 32.2. The zero-order chi connectivity index (χ0) is 48.2. The van der Waals surface area contributed by atoms with Crippen LogP contribution in [0.5, 0.6) is 0 Å². The first kappa shape index (κ1) is 57.0. The summed E-state index contributed by atoms with van der Waals surface area (Å²) in [5, 5.41) is 45.1. The number of hydrogen-bond donors (Lipinski definition) is 12. The molecule has 70 heavy (non-hydrogen) atoms. The molecule has 398 valence electrons. The van der Waals surface area contributed by atoms with E-state index in [0.717, 1.165) is 266 Å². The summed E-state index contributed by atoms with van der Waals surface area (Å²) in [5.74, 6) is 0. The minimum atomic E-state index is 0.00717. The van der Waals surface area contributed by atoms with Crippen molar-refractivity contribution in [2.75, 3.05) is 209 Å². The zero-order valence-corrected chi connectivity index (χ0v) is 43.7. The lowest BCUT2D eigenvalue weighted by Crippen LogP contribution is -2.49. The molecule has 0 saturated carbocycles. The van der Waals surface area contributed by atoms with Crippen molar-refractivity contribution < 1.29 is 0 Å². The summed E-state index contributed by atoms with van der Waals surface area (Å²) in [7, 11) is 0. The Morgan fingerprint density at radius 1 is 0.300 bits per heavy atom. The third-order valence-corrected chi connectivity index (χ3v) is 14.1. The van der Waals surface area contributed by atoms with Crippen LogP contribution in [-0.2, 0) is 0 Å². The van der Waals surface area contributed by atoms with Crippen LogP contribution in [0.15, 0.2) is 42.5 Å². The molecule has 4 saturated heterocycles. The van der Waals surface area contributed by atoms with Gasteiger partial charge in [-0.1, -0.05) is 30.3 Å². The van der Waals surface area contributed by atoms with Gasteiger partial charge in [-0.2, -0.15) is 0 Å². The molecule has 0 unspecified atom stereocenters. The van der Waals surface area contributed by atoms with E-state index in [4.69, 9.17) is 4.98 Å². The SMILES string of the molecule is c1ccc(-c2cc(C(N3CCCNCCNCCCNCC3)N3CCCNCCNCCCNCC3)cc(C(N3CCCNCCNCCCNCC3)N3CCCNCCNCCCNCC3)n2)cc1. The Hall–Kier alpha value is -2.27. The summed E-state index contributed by atoms with van der Waals surface area (Å²) in [6.07, 6.45) is 8.99. The number of hydrogen-bond acceptors (Lipinski definition) is 17. The van der Waals surface area contributed by atoms with E-state index >= 15 is 0 Å². The first-order valence-corrected chi connectivity index (χ1v) is 28.4. The number of aromatic nitrogens is 1. The van der Waals surface area contributed by atoms with Crippen molar-refractivity contribution in [3.8, 4) is 11.3 Å². The molecule has 6 rings (SSSR count). The molecule has 2 aromatic rings. The summed E-state index contributed by atoms with van der Waals surface area (Å²) in [5.41, 5.74) is 4.82. The molecule has 0 atom stereocenters. The topological polar surface area (TPSA) is 170 Å². The van der Waals surface area contributed by atoms with Gasteiger partial charge in [0, 0.05) is 136 Å². The number of benzene rings is 1. The number of rotatable bonds is 7. The van der Waals surface area contributed by atoms with Crippen LogP contribution in [0, 0.1) is 0 Å². The van der Waals surface area contributed by atoms with Gasteiger partial charge in [-0.15, -0.1) is 0 Å². The first-order valence-electron chi connectivity index (χ1n) is 28.4. The monoisotopic (exact) mass is 976 g/mol. The van der Waals surface area contributed by atoms with Crippen molar-refractivity contribution >= 4 is 0 Å². The number of nitrogens with zero attached hydrogens (tertiary/aromatic N) is 5. The summed E-state index contributed by atoms with van der Waals surface area (Å²) >= 11 is 0. The van der Waals surface area contributed by atoms with Crippen LogP contribution in [0.4, 0.5) is 0 Å². The maximum absolute atomic E-state index is 5.88. The fourth-order valence-corrected chi connectivity index (χ4v) is 10.4. The first-order chi connectivity index (χ1) is 34.9. The molecule has 0 bridgehead atoms. The van der Waals surface area contributed by atoms with Crippen LogP contribution in [0.3, 0.4) is 0 Å². The van der Waals surface area contributed by atoms with Crippen molar-refractivity contribution in [3.05, 3.63) is 53.7 Å². The van der Waals surface area contributed by atoms with Gasteiger partial charge in [0.25, 0.3) is 0 Å². The van der Waals surface area contributed by atoms with Gasteiger partial charge in [0.15, 0.2) is 0 Å². The molecule has 4 aliphatic rings. The molecular formula is C53H101N17. The van der Waals surface area contributed by atoms with E-state index in [9.17, 15) is 0 Å². The van der Waals surface area contributed by atoms with E-state index in [2.05, 4.69) is 126 Å². The summed E-state index contributed by atoms with van der Waals surface area (Å²) in [4.78, 5) is 17.1. The van der Waals surface area contributed by atoms with Crippen LogP contribution in [0.25, 0.3) is 11.3 Å². The predicted molar refractivity (Wildman–Crippen MR) is 293 cm³/mol. The smallest absolute Gasteiger partial charge is 0.106 e. The fraction of sp³-hybridized carbons (Fsp3) is 0.792. The lowest BCUT2D eigenvalue weighted by molar-refractivity contribution is 0.0327. The maximum Gasteiger partial charge on any atom is 0.106 e. The van der Waals surface area contributed by atoms with Gasteiger partial charge in [-0.05, 0) is 148 Å². The van der Waals surface area contributed by atoms with Crippen molar-refractivity contribution in [2.24, 2.45) is 0 Å². The summed E-state index contributed by atoms with van der Waals surface area (Å²) in [6, 6.07) is 16.1. The second-order valence-corrected chi connectivity index (χ2v) is 19.8. The molecule has 0 spiro atoms.